The largest absolute Gasteiger partial charge is 0.354 e. The fourth-order valence-corrected chi connectivity index (χ4v) is 2.39. The van der Waals surface area contributed by atoms with Crippen LogP contribution in [-0.4, -0.2) is 48.1 Å². The molecule has 0 saturated carbocycles. The van der Waals surface area contributed by atoms with E-state index in [-0.39, 0.29) is 10.6 Å². The van der Waals surface area contributed by atoms with Crippen molar-refractivity contribution in [3.63, 3.8) is 0 Å². The van der Waals surface area contributed by atoms with Gasteiger partial charge in [0.25, 0.3) is 5.56 Å². The van der Waals surface area contributed by atoms with E-state index >= 15 is 0 Å². The third-order valence-corrected chi connectivity index (χ3v) is 3.55. The standard InChI is InChI=1S/C11H17ClN4O/c1-15(2)8-4-3-5-16(6-8)10-9(12)11(17)14-7-13-10/h7-8H,3-6H2,1-2H3,(H,13,14,17). The number of H-pyrrole nitrogens is 1. The van der Waals surface area contributed by atoms with Crippen LogP contribution in [0.5, 0.6) is 0 Å². The molecular formula is C11H17ClN4O. The Balaban J connectivity index is 2.22. The van der Waals surface area contributed by atoms with Crippen LogP contribution < -0.4 is 10.5 Å². The number of rotatable bonds is 2. The average molecular weight is 257 g/mol. The lowest BCUT2D eigenvalue weighted by atomic mass is 10.1. The quantitative estimate of drug-likeness (QED) is 0.856. The number of likely N-dealkylation sites (N-methyl/N-ethyl adjacent to an activating group) is 1. The average Bonchev–Trinajstić information content (AvgIpc) is 2.33. The number of hydrogen-bond acceptors (Lipinski definition) is 4. The molecule has 0 spiro atoms. The second-order valence-electron chi connectivity index (χ2n) is 4.57. The Morgan fingerprint density at radius 1 is 1.59 bits per heavy atom. The summed E-state index contributed by atoms with van der Waals surface area (Å²) in [6.07, 6.45) is 3.67. The third-order valence-electron chi connectivity index (χ3n) is 3.20. The zero-order valence-corrected chi connectivity index (χ0v) is 10.9. The van der Waals surface area contributed by atoms with Crippen LogP contribution in [0.15, 0.2) is 11.1 Å². The van der Waals surface area contributed by atoms with E-state index in [1.807, 2.05) is 0 Å². The van der Waals surface area contributed by atoms with Crippen LogP contribution in [0.25, 0.3) is 0 Å². The number of nitrogens with zero attached hydrogens (tertiary/aromatic N) is 3. The number of hydrogen-bond donors (Lipinski definition) is 1. The molecule has 17 heavy (non-hydrogen) atoms. The molecule has 1 aliphatic rings. The van der Waals surface area contributed by atoms with E-state index in [9.17, 15) is 4.79 Å². The summed E-state index contributed by atoms with van der Waals surface area (Å²) in [6, 6.07) is 0.487. The topological polar surface area (TPSA) is 52.2 Å². The number of piperidine rings is 1. The monoisotopic (exact) mass is 256 g/mol. The molecule has 2 heterocycles. The molecule has 0 amide bonds. The molecule has 1 aromatic heterocycles. The van der Waals surface area contributed by atoms with E-state index in [0.717, 1.165) is 19.5 Å². The van der Waals surface area contributed by atoms with Gasteiger partial charge in [-0.3, -0.25) is 4.79 Å². The first-order valence-corrected chi connectivity index (χ1v) is 6.12. The second-order valence-corrected chi connectivity index (χ2v) is 4.95. The minimum atomic E-state index is -0.274. The van der Waals surface area contributed by atoms with Crippen LogP contribution in [0, 0.1) is 0 Å². The minimum Gasteiger partial charge on any atom is -0.354 e. The van der Waals surface area contributed by atoms with Gasteiger partial charge in [0.15, 0.2) is 5.82 Å². The lowest BCUT2D eigenvalue weighted by Crippen LogP contribution is -2.45. The van der Waals surface area contributed by atoms with Crippen molar-refractivity contribution >= 4 is 17.4 Å². The summed E-state index contributed by atoms with van der Waals surface area (Å²) < 4.78 is 0. The van der Waals surface area contributed by atoms with Gasteiger partial charge in [0, 0.05) is 19.1 Å². The van der Waals surface area contributed by atoms with E-state index in [2.05, 4.69) is 33.9 Å². The molecule has 1 aliphatic heterocycles. The SMILES string of the molecule is CN(C)C1CCCN(c2nc[nH]c(=O)c2Cl)C1. The van der Waals surface area contributed by atoms with Crippen LogP contribution in [-0.2, 0) is 0 Å². The first-order chi connectivity index (χ1) is 8.09. The lowest BCUT2D eigenvalue weighted by molar-refractivity contribution is 0.257. The highest BCUT2D eigenvalue weighted by atomic mass is 35.5. The molecular weight excluding hydrogens is 240 g/mol. The van der Waals surface area contributed by atoms with Crippen LogP contribution in [0.4, 0.5) is 5.82 Å². The minimum absolute atomic E-state index is 0.187. The summed E-state index contributed by atoms with van der Waals surface area (Å²) in [6.45, 7) is 1.77. The molecule has 1 fully saturated rings. The van der Waals surface area contributed by atoms with E-state index in [1.54, 1.807) is 0 Å². The molecule has 1 aromatic rings. The molecule has 0 aromatic carbocycles. The van der Waals surface area contributed by atoms with Gasteiger partial charge in [-0.05, 0) is 26.9 Å². The molecule has 5 nitrogen and oxygen atoms in total. The number of aromatic nitrogens is 2. The molecule has 0 radical (unpaired) electrons. The molecule has 1 N–H and O–H groups in total. The Bertz CT molecular complexity index is 445. The summed E-state index contributed by atoms with van der Waals surface area (Å²) in [4.78, 5) is 22.4. The smallest absolute Gasteiger partial charge is 0.271 e. The van der Waals surface area contributed by atoms with Crippen molar-refractivity contribution in [3.05, 3.63) is 21.7 Å². The van der Waals surface area contributed by atoms with Gasteiger partial charge in [-0.2, -0.15) is 0 Å². The van der Waals surface area contributed by atoms with Crippen molar-refractivity contribution in [1.29, 1.82) is 0 Å². The van der Waals surface area contributed by atoms with E-state index in [4.69, 9.17) is 11.6 Å². The summed E-state index contributed by atoms with van der Waals surface area (Å²) in [5.74, 6) is 0.599. The molecule has 2 rings (SSSR count). The number of aromatic amines is 1. The Morgan fingerprint density at radius 3 is 3.06 bits per heavy atom. The summed E-state index contributed by atoms with van der Waals surface area (Å²) in [7, 11) is 4.14. The molecule has 94 valence electrons. The molecule has 1 unspecified atom stereocenters. The summed E-state index contributed by atoms with van der Waals surface area (Å²) >= 11 is 5.99. The molecule has 1 saturated heterocycles. The number of nitrogens with one attached hydrogen (secondary N) is 1. The van der Waals surface area contributed by atoms with Gasteiger partial charge in [0.2, 0.25) is 0 Å². The summed E-state index contributed by atoms with van der Waals surface area (Å²) in [5, 5.41) is 0.187. The first kappa shape index (κ1) is 12.4. The normalized spacial score (nSPS) is 20.9. The van der Waals surface area contributed by atoms with Crippen LogP contribution in [0.3, 0.4) is 0 Å². The zero-order valence-electron chi connectivity index (χ0n) is 10.1. The Morgan fingerprint density at radius 2 is 2.35 bits per heavy atom. The van der Waals surface area contributed by atoms with Gasteiger partial charge < -0.3 is 14.8 Å². The van der Waals surface area contributed by atoms with E-state index in [0.29, 0.717) is 11.9 Å². The maximum absolute atomic E-state index is 11.4. The highest BCUT2D eigenvalue weighted by molar-refractivity contribution is 6.32. The van der Waals surface area contributed by atoms with Crippen LogP contribution in [0.1, 0.15) is 12.8 Å². The van der Waals surface area contributed by atoms with Crippen molar-refractivity contribution in [1.82, 2.24) is 14.9 Å². The third kappa shape index (κ3) is 2.61. The van der Waals surface area contributed by atoms with Gasteiger partial charge in [0.05, 0.1) is 6.33 Å². The highest BCUT2D eigenvalue weighted by Crippen LogP contribution is 2.23. The Hall–Kier alpha value is -1.07. The molecule has 1 atom stereocenters. The fourth-order valence-electron chi connectivity index (χ4n) is 2.16. The second kappa shape index (κ2) is 5.06. The first-order valence-electron chi connectivity index (χ1n) is 5.74. The van der Waals surface area contributed by atoms with Gasteiger partial charge in [-0.15, -0.1) is 0 Å². The molecule has 6 heteroatoms. The van der Waals surface area contributed by atoms with Crippen molar-refractivity contribution in [2.45, 2.75) is 18.9 Å². The van der Waals surface area contributed by atoms with Crippen molar-refractivity contribution < 1.29 is 0 Å². The van der Waals surface area contributed by atoms with Crippen LogP contribution in [0.2, 0.25) is 5.02 Å². The number of anilines is 1. The maximum Gasteiger partial charge on any atom is 0.271 e. The van der Waals surface area contributed by atoms with Crippen molar-refractivity contribution in [3.8, 4) is 0 Å². The molecule has 0 bridgehead atoms. The highest BCUT2D eigenvalue weighted by Gasteiger charge is 2.24. The van der Waals surface area contributed by atoms with Gasteiger partial charge in [-0.25, -0.2) is 4.98 Å². The van der Waals surface area contributed by atoms with Gasteiger partial charge in [-0.1, -0.05) is 11.6 Å². The predicted octanol–water partition coefficient (Wildman–Crippen LogP) is 0.954. The molecule has 0 aliphatic carbocycles. The van der Waals surface area contributed by atoms with E-state index in [1.165, 1.54) is 12.7 Å². The number of halogens is 1. The van der Waals surface area contributed by atoms with Crippen molar-refractivity contribution in [2.75, 3.05) is 32.1 Å². The summed E-state index contributed by atoms with van der Waals surface area (Å²) in [5.41, 5.74) is -0.274. The van der Waals surface area contributed by atoms with Crippen LogP contribution >= 0.6 is 11.6 Å². The Kier molecular flexibility index (Phi) is 3.69. The zero-order chi connectivity index (χ0) is 12.4. The Labute approximate surface area is 105 Å². The van der Waals surface area contributed by atoms with Crippen molar-refractivity contribution in [2.24, 2.45) is 0 Å². The maximum atomic E-state index is 11.4. The fraction of sp³-hybridized carbons (Fsp3) is 0.636. The van der Waals surface area contributed by atoms with Gasteiger partial charge in [0.1, 0.15) is 5.02 Å². The predicted molar refractivity (Wildman–Crippen MR) is 68.8 cm³/mol. The van der Waals surface area contributed by atoms with Gasteiger partial charge >= 0.3 is 0 Å². The lowest BCUT2D eigenvalue weighted by Gasteiger charge is -2.36. The van der Waals surface area contributed by atoms with E-state index < -0.39 is 0 Å².